The van der Waals surface area contributed by atoms with Crippen LogP contribution in [-0.4, -0.2) is 198 Å². The van der Waals surface area contributed by atoms with Crippen LogP contribution < -0.4 is 82.7 Å². The van der Waals surface area contributed by atoms with E-state index in [0.29, 0.717) is 55.4 Å². The Labute approximate surface area is 558 Å². The lowest BCUT2D eigenvalue weighted by Gasteiger charge is -2.32. The van der Waals surface area contributed by atoms with Crippen LogP contribution in [0.1, 0.15) is 121 Å². The number of unbranched alkanes of at least 4 members (excludes halogenated alkanes) is 1. The molecule has 2 saturated heterocycles. The zero-order chi connectivity index (χ0) is 70.1. The Kier molecular flexibility index (Phi) is 33.9. The average Bonchev–Trinajstić information content (AvgIpc) is 1.74. The zero-order valence-corrected chi connectivity index (χ0v) is 55.3. The van der Waals surface area contributed by atoms with Crippen LogP contribution in [0.15, 0.2) is 65.7 Å². The Morgan fingerprint density at radius 3 is 1.51 bits per heavy atom. The summed E-state index contributed by atoms with van der Waals surface area (Å²) in [6.07, 6.45) is 3.12. The highest BCUT2D eigenvalue weighted by molar-refractivity contribution is 7.98. The summed E-state index contributed by atoms with van der Waals surface area (Å²) in [5.74, 6) is -9.80. The molecule has 95 heavy (non-hydrogen) atoms. The third kappa shape index (κ3) is 27.5. The molecule has 0 spiro atoms. The molecular weight excluding hydrogens is 1250 g/mol. The number of primary amides is 3. The van der Waals surface area contributed by atoms with E-state index in [-0.39, 0.29) is 83.0 Å². The number of carbonyl (C=O) groups excluding carboxylic acids is 13. The molecule has 0 unspecified atom stereocenters. The molecule has 32 heteroatoms. The first-order valence-corrected chi connectivity index (χ1v) is 33.6. The molecule has 31 nitrogen and oxygen atoms in total. The van der Waals surface area contributed by atoms with E-state index in [9.17, 15) is 62.3 Å². The number of carbonyl (C=O) groups is 13. The Hall–Kier alpha value is -8.91. The highest BCUT2D eigenvalue weighted by Crippen LogP contribution is 2.24. The summed E-state index contributed by atoms with van der Waals surface area (Å²) in [5.41, 5.74) is 40.6. The van der Waals surface area contributed by atoms with Crippen molar-refractivity contribution in [1.82, 2.24) is 52.3 Å². The lowest BCUT2D eigenvalue weighted by Crippen LogP contribution is -2.60. The van der Waals surface area contributed by atoms with Crippen LogP contribution in [0.5, 0.6) is 0 Å². The minimum Gasteiger partial charge on any atom is -0.370 e. The van der Waals surface area contributed by atoms with Gasteiger partial charge in [-0.15, -0.1) is 0 Å². The largest absolute Gasteiger partial charge is 0.370 e. The number of rotatable bonds is 42. The van der Waals surface area contributed by atoms with Crippen molar-refractivity contribution >= 4 is 94.5 Å². The Morgan fingerprint density at radius 2 is 1.01 bits per heavy atom. The van der Waals surface area contributed by atoms with Gasteiger partial charge in [-0.25, -0.2) is 0 Å². The first-order valence-electron chi connectivity index (χ1n) is 32.2. The molecule has 2 aromatic carbocycles. The number of nitrogens with zero attached hydrogens (tertiary/aromatic N) is 3. The van der Waals surface area contributed by atoms with Crippen LogP contribution >= 0.6 is 11.8 Å². The number of guanidine groups is 1. The smallest absolute Gasteiger partial charge is 0.245 e. The van der Waals surface area contributed by atoms with E-state index in [1.54, 1.807) is 60.7 Å². The minimum absolute atomic E-state index is 0.0736. The number of aliphatic imine (C=N–C) groups is 1. The topological polar surface area (TPSA) is 519 Å². The van der Waals surface area contributed by atoms with Gasteiger partial charge in [0.2, 0.25) is 76.8 Å². The molecule has 2 aromatic rings. The summed E-state index contributed by atoms with van der Waals surface area (Å²) < 4.78 is 0. The fourth-order valence-corrected chi connectivity index (χ4v) is 11.5. The van der Waals surface area contributed by atoms with E-state index < -0.39 is 169 Å². The van der Waals surface area contributed by atoms with Gasteiger partial charge in [-0.2, -0.15) is 11.8 Å². The van der Waals surface area contributed by atoms with Gasteiger partial charge < -0.3 is 92.5 Å². The Balaban J connectivity index is 1.56. The predicted molar refractivity (Wildman–Crippen MR) is 356 cm³/mol. The molecule has 524 valence electrons. The second kappa shape index (κ2) is 41.0. The molecule has 13 amide bonds. The SMILES string of the molecule is CSCC[C@H](NC(=O)[C@@H](CC(C)C)NC(=O)CNC(=O)[C@H](Cc1ccccc1)NC(=O)[C@H](Cc1ccccc1)NC(=O)[C@H](CCC(N)=O)NC(=O)[C@@H](CCC(N)=O)NC(=O)[C@H]1CCCN1C(=O)[C@@H](CCCCN)NC(=O)[C@H]1CCCN1C(=O)[C@@H](N)CCCN=C(N)N)C(N)=O. The number of likely N-dealkylation sites (tertiary alicyclic amines) is 2. The van der Waals surface area contributed by atoms with Crippen LogP contribution in [0.25, 0.3) is 0 Å². The normalized spacial score (nSPS) is 16.8. The van der Waals surface area contributed by atoms with E-state index in [0.717, 1.165) is 0 Å². The Morgan fingerprint density at radius 1 is 0.537 bits per heavy atom. The second-order valence-corrected chi connectivity index (χ2v) is 25.1. The lowest BCUT2D eigenvalue weighted by atomic mass is 10.0. The number of benzene rings is 2. The maximum atomic E-state index is 14.7. The van der Waals surface area contributed by atoms with Crippen LogP contribution in [0, 0.1) is 5.92 Å². The van der Waals surface area contributed by atoms with E-state index in [1.807, 2.05) is 20.1 Å². The van der Waals surface area contributed by atoms with E-state index in [4.69, 9.17) is 40.1 Å². The summed E-state index contributed by atoms with van der Waals surface area (Å²) in [6, 6.07) is 4.51. The summed E-state index contributed by atoms with van der Waals surface area (Å²) in [6.45, 7) is 3.86. The number of hydrogen-bond donors (Lipinski definition) is 15. The van der Waals surface area contributed by atoms with Crippen molar-refractivity contribution in [2.75, 3.05) is 44.7 Å². The van der Waals surface area contributed by atoms with Crippen molar-refractivity contribution in [3.05, 3.63) is 71.8 Å². The summed E-state index contributed by atoms with van der Waals surface area (Å²) in [5, 5.41) is 21.1. The van der Waals surface area contributed by atoms with Crippen LogP contribution in [-0.2, 0) is 75.2 Å². The second-order valence-electron chi connectivity index (χ2n) is 24.1. The molecule has 0 aromatic heterocycles. The molecule has 22 N–H and O–H groups in total. The highest BCUT2D eigenvalue weighted by Gasteiger charge is 2.42. The molecule has 2 fully saturated rings. The average molecular weight is 1350 g/mol. The lowest BCUT2D eigenvalue weighted by molar-refractivity contribution is -0.144. The van der Waals surface area contributed by atoms with Crippen molar-refractivity contribution in [3.63, 3.8) is 0 Å². The first-order chi connectivity index (χ1) is 45.2. The van der Waals surface area contributed by atoms with E-state index in [2.05, 4.69) is 47.5 Å². The highest BCUT2D eigenvalue weighted by atomic mass is 32.2. The number of hydrogen-bond acceptors (Lipinski definition) is 17. The summed E-state index contributed by atoms with van der Waals surface area (Å²) in [7, 11) is 0. The summed E-state index contributed by atoms with van der Waals surface area (Å²) in [4.78, 5) is 185. The van der Waals surface area contributed by atoms with Gasteiger partial charge in [0.25, 0.3) is 0 Å². The van der Waals surface area contributed by atoms with Gasteiger partial charge in [-0.3, -0.25) is 67.3 Å². The number of thioether (sulfide) groups is 1. The molecule has 4 rings (SSSR count). The van der Waals surface area contributed by atoms with Gasteiger partial charge in [0.15, 0.2) is 5.96 Å². The van der Waals surface area contributed by atoms with Gasteiger partial charge in [0.1, 0.15) is 54.4 Å². The fraction of sp³-hybridized carbons (Fsp3) is 0.587. The van der Waals surface area contributed by atoms with Crippen molar-refractivity contribution in [2.45, 2.75) is 183 Å². The van der Waals surface area contributed by atoms with Crippen molar-refractivity contribution in [1.29, 1.82) is 0 Å². The van der Waals surface area contributed by atoms with Crippen LogP contribution in [0.2, 0.25) is 0 Å². The molecule has 10 atom stereocenters. The van der Waals surface area contributed by atoms with Crippen LogP contribution in [0.4, 0.5) is 0 Å². The Bertz CT molecular complexity index is 2960. The molecule has 2 heterocycles. The number of nitrogens with one attached hydrogen (secondary N) is 8. The number of amides is 13. The molecule has 2 aliphatic rings. The third-order valence-corrected chi connectivity index (χ3v) is 16.7. The van der Waals surface area contributed by atoms with E-state index in [1.165, 1.54) is 21.6 Å². The zero-order valence-electron chi connectivity index (χ0n) is 54.5. The first kappa shape index (κ1) is 78.5. The van der Waals surface area contributed by atoms with Crippen LogP contribution in [0.3, 0.4) is 0 Å². The molecule has 0 saturated carbocycles. The monoisotopic (exact) mass is 1350 g/mol. The predicted octanol–water partition coefficient (Wildman–Crippen LogP) is -3.71. The molecule has 0 bridgehead atoms. The van der Waals surface area contributed by atoms with Gasteiger partial charge >= 0.3 is 0 Å². The fourth-order valence-electron chi connectivity index (χ4n) is 11.0. The van der Waals surface area contributed by atoms with Crippen molar-refractivity contribution in [3.8, 4) is 0 Å². The standard InChI is InChI=1S/C63H98N18O13S/c1-37(2)33-45(57(89)74-41(53(68)85)27-32-95-3)73-52(84)36-72-54(86)46(34-38-15-6-4-7-16-38)78-58(90)47(35-39-17-8-5-9-18-39)79-56(88)42(23-25-50(66)82)75-55(87)43(24-26-51(67)83)76-59(91)49-22-14-31-81(49)62(94)44(20-10-11-28-64)77-60(92)48-21-13-30-80(48)61(93)40(65)19-12-29-71-63(69)70/h4-9,15-18,37,40-49H,10-14,19-36,64-65H2,1-3H3,(H2,66,82)(H2,67,83)(H2,68,85)(H,72,86)(H,73,84)(H,74,89)(H,75,87)(H,76,91)(H,77,92)(H,78,90)(H,79,88)(H4,69,70,71)/t40-,41-,42-,43+,44+,45+,46-,47-,48+,49+/m0/s1. The third-order valence-electron chi connectivity index (χ3n) is 16.0. The quantitative estimate of drug-likeness (QED) is 0.0173. The molecule has 2 aliphatic heterocycles. The van der Waals surface area contributed by atoms with Gasteiger partial charge in [0.05, 0.1) is 12.6 Å². The minimum atomic E-state index is -1.64. The molecule has 0 radical (unpaired) electrons. The van der Waals surface area contributed by atoms with Gasteiger partial charge in [-0.05, 0) is 119 Å². The van der Waals surface area contributed by atoms with Gasteiger partial charge in [-0.1, -0.05) is 74.5 Å². The van der Waals surface area contributed by atoms with Crippen molar-refractivity contribution < 1.29 is 62.3 Å². The maximum Gasteiger partial charge on any atom is 0.245 e. The number of nitrogens with two attached hydrogens (primary N) is 7. The molecule has 0 aliphatic carbocycles. The maximum absolute atomic E-state index is 14.7. The van der Waals surface area contributed by atoms with Gasteiger partial charge in [0, 0.05) is 45.3 Å². The van der Waals surface area contributed by atoms with Crippen molar-refractivity contribution in [2.24, 2.45) is 51.0 Å². The van der Waals surface area contributed by atoms with E-state index >= 15 is 0 Å². The summed E-state index contributed by atoms with van der Waals surface area (Å²) >= 11 is 1.45. The molecular formula is C63H98N18O13S.